The molecule has 0 aliphatic carbocycles. The first kappa shape index (κ1) is 22.4. The van der Waals surface area contributed by atoms with Crippen LogP contribution in [-0.4, -0.2) is 40.6 Å². The third-order valence-corrected chi connectivity index (χ3v) is 6.03. The summed E-state index contributed by atoms with van der Waals surface area (Å²) >= 11 is 0. The molecule has 0 aromatic heterocycles. The largest absolute Gasteiger partial charge is 0.463 e. The Morgan fingerprint density at radius 3 is 2.17 bits per heavy atom. The molecular formula is C21H25NO6S. The Morgan fingerprint density at radius 2 is 1.59 bits per heavy atom. The van der Waals surface area contributed by atoms with E-state index in [4.69, 9.17) is 9.47 Å². The van der Waals surface area contributed by atoms with E-state index < -0.39 is 28.6 Å². The van der Waals surface area contributed by atoms with E-state index >= 15 is 0 Å². The molecule has 0 aliphatic heterocycles. The summed E-state index contributed by atoms with van der Waals surface area (Å²) in [6.07, 6.45) is 1.65. The average molecular weight is 419 g/mol. The highest BCUT2D eigenvalue weighted by Crippen LogP contribution is 2.23. The lowest BCUT2D eigenvalue weighted by molar-refractivity contribution is -0.147. The first-order valence-electron chi connectivity index (χ1n) is 9.24. The summed E-state index contributed by atoms with van der Waals surface area (Å²) in [6, 6.07) is 12.4. The van der Waals surface area contributed by atoms with Crippen molar-refractivity contribution in [2.45, 2.75) is 31.6 Å². The second-order valence-electron chi connectivity index (χ2n) is 6.48. The van der Waals surface area contributed by atoms with Crippen LogP contribution in [0.1, 0.15) is 35.7 Å². The van der Waals surface area contributed by atoms with E-state index in [0.717, 1.165) is 22.7 Å². The SMILES string of the molecule is CCCCOC(=O)COC(=O)c1ccc(N(C)S(=O)(=O)c2ccc(C)cc2)cc1. The van der Waals surface area contributed by atoms with Gasteiger partial charge in [0, 0.05) is 7.05 Å². The molecule has 2 aromatic rings. The summed E-state index contributed by atoms with van der Waals surface area (Å²) in [5.74, 6) is -1.29. The summed E-state index contributed by atoms with van der Waals surface area (Å²) in [4.78, 5) is 23.7. The fourth-order valence-corrected chi connectivity index (χ4v) is 3.59. The lowest BCUT2D eigenvalue weighted by atomic mass is 10.2. The van der Waals surface area contributed by atoms with Crippen LogP contribution in [0.2, 0.25) is 0 Å². The van der Waals surface area contributed by atoms with E-state index in [9.17, 15) is 18.0 Å². The molecule has 0 fully saturated rings. The Labute approximate surface area is 171 Å². The standard InChI is InChI=1S/C21H25NO6S/c1-4-5-14-27-20(23)15-28-21(24)17-8-10-18(11-9-17)22(3)29(25,26)19-12-6-16(2)7-13-19/h6-13H,4-5,14-15H2,1-3H3. The van der Waals surface area contributed by atoms with Gasteiger partial charge >= 0.3 is 11.9 Å². The minimum atomic E-state index is -3.72. The molecule has 0 aliphatic rings. The highest BCUT2D eigenvalue weighted by molar-refractivity contribution is 7.92. The highest BCUT2D eigenvalue weighted by Gasteiger charge is 2.21. The van der Waals surface area contributed by atoms with Gasteiger partial charge in [-0.15, -0.1) is 0 Å². The maximum absolute atomic E-state index is 12.7. The van der Waals surface area contributed by atoms with Crippen molar-refractivity contribution < 1.29 is 27.5 Å². The van der Waals surface area contributed by atoms with Crippen LogP contribution in [0.5, 0.6) is 0 Å². The van der Waals surface area contributed by atoms with Crippen LogP contribution in [0.25, 0.3) is 0 Å². The van der Waals surface area contributed by atoms with Crippen LogP contribution < -0.4 is 4.31 Å². The number of hydrogen-bond donors (Lipinski definition) is 0. The molecule has 0 saturated heterocycles. The lowest BCUT2D eigenvalue weighted by Gasteiger charge is -2.19. The van der Waals surface area contributed by atoms with Gasteiger partial charge < -0.3 is 9.47 Å². The van der Waals surface area contributed by atoms with E-state index in [2.05, 4.69) is 0 Å². The third-order valence-electron chi connectivity index (χ3n) is 4.23. The number of aryl methyl sites for hydroxylation is 1. The Hall–Kier alpha value is -2.87. The van der Waals surface area contributed by atoms with Gasteiger partial charge in [0.25, 0.3) is 10.0 Å². The summed E-state index contributed by atoms with van der Waals surface area (Å²) < 4.78 is 36.4. The Morgan fingerprint density at radius 1 is 0.966 bits per heavy atom. The second-order valence-corrected chi connectivity index (χ2v) is 8.45. The molecule has 8 heteroatoms. The van der Waals surface area contributed by atoms with Gasteiger partial charge in [0.15, 0.2) is 6.61 Å². The molecule has 7 nitrogen and oxygen atoms in total. The Balaban J connectivity index is 2.00. The molecule has 0 unspecified atom stereocenters. The quantitative estimate of drug-likeness (QED) is 0.457. The van der Waals surface area contributed by atoms with Gasteiger partial charge in [0.1, 0.15) is 0 Å². The summed E-state index contributed by atoms with van der Waals surface area (Å²) in [5.41, 5.74) is 1.56. The fourth-order valence-electron chi connectivity index (χ4n) is 2.39. The molecule has 0 N–H and O–H groups in total. The van der Waals surface area contributed by atoms with Gasteiger partial charge in [-0.3, -0.25) is 4.31 Å². The molecule has 156 valence electrons. The van der Waals surface area contributed by atoms with Crippen molar-refractivity contribution in [2.75, 3.05) is 24.6 Å². The zero-order valence-corrected chi connectivity index (χ0v) is 17.6. The van der Waals surface area contributed by atoms with Gasteiger partial charge in [0.05, 0.1) is 22.8 Å². The van der Waals surface area contributed by atoms with Crippen LogP contribution in [0.15, 0.2) is 53.4 Å². The average Bonchev–Trinajstić information content (AvgIpc) is 2.72. The van der Waals surface area contributed by atoms with E-state index in [0.29, 0.717) is 12.3 Å². The number of esters is 2. The smallest absolute Gasteiger partial charge is 0.344 e. The van der Waals surface area contributed by atoms with Gasteiger partial charge in [0.2, 0.25) is 0 Å². The number of anilines is 1. The molecule has 0 spiro atoms. The van der Waals surface area contributed by atoms with Gasteiger partial charge in [-0.25, -0.2) is 18.0 Å². The second kappa shape index (κ2) is 10.1. The van der Waals surface area contributed by atoms with E-state index in [1.165, 1.54) is 31.3 Å². The van der Waals surface area contributed by atoms with Gasteiger partial charge in [-0.1, -0.05) is 31.0 Å². The van der Waals surface area contributed by atoms with Crippen LogP contribution in [-0.2, 0) is 24.3 Å². The first-order chi connectivity index (χ1) is 13.8. The molecule has 0 bridgehead atoms. The molecular weight excluding hydrogens is 394 g/mol. The van der Waals surface area contributed by atoms with Crippen molar-refractivity contribution in [2.24, 2.45) is 0 Å². The molecule has 0 amide bonds. The van der Waals surface area contributed by atoms with Crippen molar-refractivity contribution >= 4 is 27.6 Å². The molecule has 2 aromatic carbocycles. The molecule has 29 heavy (non-hydrogen) atoms. The number of carbonyl (C=O) groups is 2. The molecule has 0 heterocycles. The predicted molar refractivity (Wildman–Crippen MR) is 109 cm³/mol. The Kier molecular flexibility index (Phi) is 7.78. The van der Waals surface area contributed by atoms with Gasteiger partial charge in [-0.05, 0) is 49.7 Å². The van der Waals surface area contributed by atoms with Crippen molar-refractivity contribution in [1.29, 1.82) is 0 Å². The highest BCUT2D eigenvalue weighted by atomic mass is 32.2. The zero-order chi connectivity index (χ0) is 21.4. The zero-order valence-electron chi connectivity index (χ0n) is 16.8. The molecule has 2 rings (SSSR count). The molecule has 0 atom stereocenters. The number of sulfonamides is 1. The number of hydrogen-bond acceptors (Lipinski definition) is 6. The predicted octanol–water partition coefficient (Wildman–Crippen LogP) is 3.32. The number of unbranched alkanes of at least 4 members (excludes halogenated alkanes) is 1. The van der Waals surface area contributed by atoms with Crippen LogP contribution in [0, 0.1) is 6.92 Å². The molecule has 0 saturated carbocycles. The maximum Gasteiger partial charge on any atom is 0.344 e. The summed E-state index contributed by atoms with van der Waals surface area (Å²) in [6.45, 7) is 3.68. The molecule has 0 radical (unpaired) electrons. The summed E-state index contributed by atoms with van der Waals surface area (Å²) in [5, 5.41) is 0. The summed E-state index contributed by atoms with van der Waals surface area (Å²) in [7, 11) is -2.28. The number of rotatable bonds is 9. The van der Waals surface area contributed by atoms with Gasteiger partial charge in [-0.2, -0.15) is 0 Å². The lowest BCUT2D eigenvalue weighted by Crippen LogP contribution is -2.26. The van der Waals surface area contributed by atoms with Crippen LogP contribution in [0.3, 0.4) is 0 Å². The number of carbonyl (C=O) groups excluding carboxylic acids is 2. The van der Waals surface area contributed by atoms with Crippen LogP contribution in [0.4, 0.5) is 5.69 Å². The van der Waals surface area contributed by atoms with Crippen molar-refractivity contribution in [3.8, 4) is 0 Å². The maximum atomic E-state index is 12.7. The number of benzene rings is 2. The van der Waals surface area contributed by atoms with Crippen molar-refractivity contribution in [3.63, 3.8) is 0 Å². The first-order valence-corrected chi connectivity index (χ1v) is 10.7. The Bertz CT molecular complexity index is 936. The van der Waals surface area contributed by atoms with Crippen molar-refractivity contribution in [3.05, 3.63) is 59.7 Å². The minimum absolute atomic E-state index is 0.177. The topological polar surface area (TPSA) is 90.0 Å². The van der Waals surface area contributed by atoms with Crippen LogP contribution >= 0.6 is 0 Å². The number of ether oxygens (including phenoxy) is 2. The van der Waals surface area contributed by atoms with E-state index in [-0.39, 0.29) is 10.5 Å². The normalized spacial score (nSPS) is 11.0. The minimum Gasteiger partial charge on any atom is -0.463 e. The fraction of sp³-hybridized carbons (Fsp3) is 0.333. The number of nitrogens with zero attached hydrogens (tertiary/aromatic N) is 1. The van der Waals surface area contributed by atoms with E-state index in [1.807, 2.05) is 13.8 Å². The monoisotopic (exact) mass is 419 g/mol. The van der Waals surface area contributed by atoms with Crippen molar-refractivity contribution in [1.82, 2.24) is 0 Å². The third kappa shape index (κ3) is 6.05. The van der Waals surface area contributed by atoms with E-state index in [1.54, 1.807) is 24.3 Å².